The zero-order chi connectivity index (χ0) is 18.3. The first-order chi connectivity index (χ1) is 12.4. The smallest absolute Gasteiger partial charge is 0.167 e. The van der Waals surface area contributed by atoms with Crippen LogP contribution in [0.4, 0.5) is 0 Å². The molecule has 0 N–H and O–H groups in total. The van der Waals surface area contributed by atoms with Gasteiger partial charge in [0.05, 0.1) is 23.0 Å². The van der Waals surface area contributed by atoms with Gasteiger partial charge in [-0.25, -0.2) is 0 Å². The summed E-state index contributed by atoms with van der Waals surface area (Å²) in [6.45, 7) is 4.16. The number of benzene rings is 1. The van der Waals surface area contributed by atoms with E-state index >= 15 is 0 Å². The van der Waals surface area contributed by atoms with Gasteiger partial charge in [0, 0.05) is 23.6 Å². The lowest BCUT2D eigenvalue weighted by atomic mass is 9.75. The molecule has 2 heterocycles. The van der Waals surface area contributed by atoms with Crippen LogP contribution in [-0.2, 0) is 6.42 Å². The standard InChI is InChI=1S/C21H17N3O2/c1-21(2)10-18-15(19(25)11-21)6-7-16(23-18)17-9-20(26-24-17)14-5-3-4-13(8-14)12-22/h3-9H,10-11H2,1-2H3. The average molecular weight is 343 g/mol. The van der Waals surface area contributed by atoms with Gasteiger partial charge in [0.15, 0.2) is 11.5 Å². The largest absolute Gasteiger partial charge is 0.356 e. The molecule has 5 heteroatoms. The molecule has 0 saturated heterocycles. The van der Waals surface area contributed by atoms with Crippen molar-refractivity contribution in [1.29, 1.82) is 5.26 Å². The first-order valence-electron chi connectivity index (χ1n) is 8.46. The highest BCUT2D eigenvalue weighted by Gasteiger charge is 2.32. The number of nitrogens with zero attached hydrogens (tertiary/aromatic N) is 3. The molecule has 1 aliphatic rings. The highest BCUT2D eigenvalue weighted by Crippen LogP contribution is 2.35. The van der Waals surface area contributed by atoms with Crippen molar-refractivity contribution in [2.75, 3.05) is 0 Å². The van der Waals surface area contributed by atoms with Crippen LogP contribution >= 0.6 is 0 Å². The molecular formula is C21H17N3O2. The molecule has 0 fully saturated rings. The number of ketones is 1. The van der Waals surface area contributed by atoms with E-state index in [4.69, 9.17) is 9.78 Å². The van der Waals surface area contributed by atoms with Gasteiger partial charge in [-0.1, -0.05) is 31.1 Å². The number of pyridine rings is 1. The van der Waals surface area contributed by atoms with Crippen molar-refractivity contribution < 1.29 is 9.32 Å². The Morgan fingerprint density at radius 2 is 1.96 bits per heavy atom. The van der Waals surface area contributed by atoms with Gasteiger partial charge in [-0.15, -0.1) is 0 Å². The minimum absolute atomic E-state index is 0.0809. The van der Waals surface area contributed by atoms with Gasteiger partial charge in [0.1, 0.15) is 5.69 Å². The van der Waals surface area contributed by atoms with Gasteiger partial charge in [0.25, 0.3) is 0 Å². The first-order valence-corrected chi connectivity index (χ1v) is 8.46. The number of hydrogen-bond donors (Lipinski definition) is 0. The summed E-state index contributed by atoms with van der Waals surface area (Å²) in [4.78, 5) is 17.0. The maximum absolute atomic E-state index is 12.3. The van der Waals surface area contributed by atoms with Crippen LogP contribution in [0.25, 0.3) is 22.7 Å². The SMILES string of the molecule is CC1(C)CC(=O)c2ccc(-c3cc(-c4cccc(C#N)c4)on3)nc2C1. The second-order valence-corrected chi connectivity index (χ2v) is 7.40. The Kier molecular flexibility index (Phi) is 3.69. The van der Waals surface area contributed by atoms with Crippen LogP contribution in [0.5, 0.6) is 0 Å². The lowest BCUT2D eigenvalue weighted by molar-refractivity contribution is 0.0910. The fraction of sp³-hybridized carbons (Fsp3) is 0.238. The highest BCUT2D eigenvalue weighted by molar-refractivity contribution is 5.98. The number of carbonyl (C=O) groups excluding carboxylic acids is 1. The van der Waals surface area contributed by atoms with Crippen LogP contribution in [0.3, 0.4) is 0 Å². The monoisotopic (exact) mass is 343 g/mol. The molecule has 0 amide bonds. The molecule has 0 bridgehead atoms. The quantitative estimate of drug-likeness (QED) is 0.687. The van der Waals surface area contributed by atoms with Crippen molar-refractivity contribution in [3.8, 4) is 28.8 Å². The Morgan fingerprint density at radius 3 is 2.77 bits per heavy atom. The summed E-state index contributed by atoms with van der Waals surface area (Å²) in [7, 11) is 0. The molecule has 26 heavy (non-hydrogen) atoms. The van der Waals surface area contributed by atoms with Gasteiger partial charge >= 0.3 is 0 Å². The third kappa shape index (κ3) is 2.91. The Labute approximate surface area is 151 Å². The second-order valence-electron chi connectivity index (χ2n) is 7.40. The van der Waals surface area contributed by atoms with Gasteiger partial charge in [-0.2, -0.15) is 5.26 Å². The van der Waals surface area contributed by atoms with E-state index < -0.39 is 0 Å². The molecule has 2 aromatic heterocycles. The van der Waals surface area contributed by atoms with E-state index in [0.717, 1.165) is 17.7 Å². The van der Waals surface area contributed by atoms with Crippen LogP contribution in [0.1, 0.15) is 41.9 Å². The topological polar surface area (TPSA) is 79.8 Å². The number of hydrogen-bond acceptors (Lipinski definition) is 5. The van der Waals surface area contributed by atoms with Crippen molar-refractivity contribution in [3.05, 3.63) is 59.3 Å². The van der Waals surface area contributed by atoms with Crippen LogP contribution in [0.15, 0.2) is 47.0 Å². The summed E-state index contributed by atoms with van der Waals surface area (Å²) in [6.07, 6.45) is 1.31. The summed E-state index contributed by atoms with van der Waals surface area (Å²) < 4.78 is 5.44. The lowest BCUT2D eigenvalue weighted by Gasteiger charge is -2.29. The molecule has 0 radical (unpaired) electrons. The Hall–Kier alpha value is -3.26. The van der Waals surface area contributed by atoms with Crippen LogP contribution in [0.2, 0.25) is 0 Å². The summed E-state index contributed by atoms with van der Waals surface area (Å²) in [5, 5.41) is 13.2. The Bertz CT molecular complexity index is 1060. The maximum Gasteiger partial charge on any atom is 0.167 e. The number of carbonyl (C=O) groups is 1. The summed E-state index contributed by atoms with van der Waals surface area (Å²) in [5.41, 5.74) is 4.09. The minimum atomic E-state index is -0.0809. The molecular weight excluding hydrogens is 326 g/mol. The van der Waals surface area contributed by atoms with Crippen molar-refractivity contribution in [2.24, 2.45) is 5.41 Å². The zero-order valence-electron chi connectivity index (χ0n) is 14.6. The minimum Gasteiger partial charge on any atom is -0.356 e. The van der Waals surface area contributed by atoms with Crippen LogP contribution in [0, 0.1) is 16.7 Å². The molecule has 5 nitrogen and oxygen atoms in total. The number of fused-ring (bicyclic) bond motifs is 1. The van der Waals surface area contributed by atoms with E-state index in [1.807, 2.05) is 18.2 Å². The fourth-order valence-corrected chi connectivity index (χ4v) is 3.35. The second kappa shape index (κ2) is 5.92. The van der Waals surface area contributed by atoms with Crippen molar-refractivity contribution >= 4 is 5.78 Å². The van der Waals surface area contributed by atoms with E-state index in [-0.39, 0.29) is 11.2 Å². The third-order valence-electron chi connectivity index (χ3n) is 4.61. The van der Waals surface area contributed by atoms with E-state index in [0.29, 0.717) is 34.7 Å². The molecule has 1 aliphatic carbocycles. The Balaban J connectivity index is 1.70. The maximum atomic E-state index is 12.3. The molecule has 0 saturated carbocycles. The average Bonchev–Trinajstić information content (AvgIpc) is 3.10. The molecule has 0 spiro atoms. The summed E-state index contributed by atoms with van der Waals surface area (Å²) in [6, 6.07) is 14.7. The van der Waals surface area contributed by atoms with Gasteiger partial charge < -0.3 is 4.52 Å². The molecule has 3 aromatic rings. The van der Waals surface area contributed by atoms with Crippen molar-refractivity contribution in [2.45, 2.75) is 26.7 Å². The summed E-state index contributed by atoms with van der Waals surface area (Å²) >= 11 is 0. The third-order valence-corrected chi connectivity index (χ3v) is 4.61. The van der Waals surface area contributed by atoms with E-state index in [9.17, 15) is 4.79 Å². The number of rotatable bonds is 2. The molecule has 128 valence electrons. The lowest BCUT2D eigenvalue weighted by Crippen LogP contribution is -2.27. The van der Waals surface area contributed by atoms with E-state index in [2.05, 4.69) is 30.1 Å². The van der Waals surface area contributed by atoms with Crippen molar-refractivity contribution in [1.82, 2.24) is 10.1 Å². The van der Waals surface area contributed by atoms with Crippen LogP contribution < -0.4 is 0 Å². The first kappa shape index (κ1) is 16.2. The highest BCUT2D eigenvalue weighted by atomic mass is 16.5. The molecule has 1 aromatic carbocycles. The predicted molar refractivity (Wildman–Crippen MR) is 96.3 cm³/mol. The number of Topliss-reactive ketones (excluding diaryl/α,β-unsaturated/α-hetero) is 1. The summed E-state index contributed by atoms with van der Waals surface area (Å²) in [5.74, 6) is 0.720. The van der Waals surface area contributed by atoms with Crippen LogP contribution in [-0.4, -0.2) is 15.9 Å². The van der Waals surface area contributed by atoms with Gasteiger partial charge in [0.2, 0.25) is 0 Å². The molecule has 0 aliphatic heterocycles. The van der Waals surface area contributed by atoms with Gasteiger partial charge in [-0.3, -0.25) is 9.78 Å². The Morgan fingerprint density at radius 1 is 1.12 bits per heavy atom. The number of aromatic nitrogens is 2. The molecule has 0 atom stereocenters. The number of nitriles is 1. The van der Waals surface area contributed by atoms with E-state index in [1.165, 1.54) is 0 Å². The predicted octanol–water partition coefficient (Wildman–Crippen LogP) is 4.43. The van der Waals surface area contributed by atoms with E-state index in [1.54, 1.807) is 24.3 Å². The molecule has 0 unspecified atom stereocenters. The van der Waals surface area contributed by atoms with Crippen molar-refractivity contribution in [3.63, 3.8) is 0 Å². The van der Waals surface area contributed by atoms with Gasteiger partial charge in [-0.05, 0) is 36.1 Å². The molecule has 4 rings (SSSR count). The normalized spacial score (nSPS) is 15.3. The zero-order valence-corrected chi connectivity index (χ0v) is 14.6. The fourth-order valence-electron chi connectivity index (χ4n) is 3.35.